The van der Waals surface area contributed by atoms with Crippen molar-refractivity contribution in [2.45, 2.75) is 20.4 Å². The van der Waals surface area contributed by atoms with Gasteiger partial charge in [0.1, 0.15) is 0 Å². The molecule has 0 aliphatic heterocycles. The summed E-state index contributed by atoms with van der Waals surface area (Å²) in [5.74, 6) is 0. The SMILES string of the molecule is Cc1nn(C)c(C)c1NCc1cnc2ccccc2n1. The molecule has 0 amide bonds. The van der Waals surface area contributed by atoms with E-state index < -0.39 is 0 Å². The highest BCUT2D eigenvalue weighted by Gasteiger charge is 2.09. The molecule has 1 aromatic carbocycles. The molecule has 0 radical (unpaired) electrons. The average molecular weight is 267 g/mol. The van der Waals surface area contributed by atoms with Crippen LogP contribution in [0.5, 0.6) is 0 Å². The van der Waals surface area contributed by atoms with Gasteiger partial charge in [0.15, 0.2) is 0 Å². The molecule has 2 aromatic heterocycles. The molecule has 0 fully saturated rings. The topological polar surface area (TPSA) is 55.6 Å². The molecule has 2 heterocycles. The van der Waals surface area contributed by atoms with Gasteiger partial charge in [0.25, 0.3) is 0 Å². The van der Waals surface area contributed by atoms with Crippen molar-refractivity contribution < 1.29 is 0 Å². The Hall–Kier alpha value is -2.43. The second-order valence-corrected chi connectivity index (χ2v) is 4.87. The molecule has 0 unspecified atom stereocenters. The zero-order chi connectivity index (χ0) is 14.1. The lowest BCUT2D eigenvalue weighted by Crippen LogP contribution is -2.04. The minimum Gasteiger partial charge on any atom is -0.376 e. The van der Waals surface area contributed by atoms with E-state index in [1.54, 1.807) is 0 Å². The lowest BCUT2D eigenvalue weighted by atomic mass is 10.3. The fourth-order valence-electron chi connectivity index (χ4n) is 2.29. The monoisotopic (exact) mass is 267 g/mol. The normalized spacial score (nSPS) is 10.9. The van der Waals surface area contributed by atoms with E-state index in [9.17, 15) is 0 Å². The van der Waals surface area contributed by atoms with Gasteiger partial charge in [-0.2, -0.15) is 5.10 Å². The minimum atomic E-state index is 0.644. The Kier molecular flexibility index (Phi) is 3.10. The second-order valence-electron chi connectivity index (χ2n) is 4.87. The third-order valence-electron chi connectivity index (χ3n) is 3.45. The standard InChI is InChI=1S/C15H17N5/c1-10-15(11(2)20(3)19-10)17-9-12-8-16-13-6-4-5-7-14(13)18-12/h4-8,17H,9H2,1-3H3. The van der Waals surface area contributed by atoms with Crippen LogP contribution in [0.4, 0.5) is 5.69 Å². The fourth-order valence-corrected chi connectivity index (χ4v) is 2.29. The first-order chi connectivity index (χ1) is 9.65. The molecule has 0 spiro atoms. The van der Waals surface area contributed by atoms with Crippen molar-refractivity contribution in [1.82, 2.24) is 19.7 Å². The van der Waals surface area contributed by atoms with Gasteiger partial charge in [-0.25, -0.2) is 4.98 Å². The molecular weight excluding hydrogens is 250 g/mol. The molecule has 5 nitrogen and oxygen atoms in total. The summed E-state index contributed by atoms with van der Waals surface area (Å²) in [7, 11) is 1.95. The largest absolute Gasteiger partial charge is 0.376 e. The third-order valence-corrected chi connectivity index (χ3v) is 3.45. The van der Waals surface area contributed by atoms with E-state index in [-0.39, 0.29) is 0 Å². The van der Waals surface area contributed by atoms with Crippen LogP contribution in [0.1, 0.15) is 17.1 Å². The highest BCUT2D eigenvalue weighted by molar-refractivity contribution is 5.73. The number of hydrogen-bond donors (Lipinski definition) is 1. The van der Waals surface area contributed by atoms with Gasteiger partial charge in [0.2, 0.25) is 0 Å². The molecule has 0 aliphatic rings. The van der Waals surface area contributed by atoms with Gasteiger partial charge < -0.3 is 5.32 Å². The Morgan fingerprint density at radius 1 is 1.15 bits per heavy atom. The molecule has 5 heteroatoms. The highest BCUT2D eigenvalue weighted by atomic mass is 15.3. The number of nitrogens with zero attached hydrogens (tertiary/aromatic N) is 4. The van der Waals surface area contributed by atoms with Gasteiger partial charge in [-0.3, -0.25) is 9.67 Å². The van der Waals surface area contributed by atoms with Crippen LogP contribution in [0.15, 0.2) is 30.5 Å². The molecule has 0 aliphatic carbocycles. The van der Waals surface area contributed by atoms with Gasteiger partial charge in [0, 0.05) is 7.05 Å². The molecule has 20 heavy (non-hydrogen) atoms. The first-order valence-electron chi connectivity index (χ1n) is 6.60. The van der Waals surface area contributed by atoms with Gasteiger partial charge in [-0.15, -0.1) is 0 Å². The van der Waals surface area contributed by atoms with Crippen molar-refractivity contribution >= 4 is 16.7 Å². The number of benzene rings is 1. The summed E-state index contributed by atoms with van der Waals surface area (Å²) in [4.78, 5) is 9.02. The maximum absolute atomic E-state index is 4.60. The number of fused-ring (bicyclic) bond motifs is 1. The minimum absolute atomic E-state index is 0.644. The van der Waals surface area contributed by atoms with E-state index in [1.165, 1.54) is 0 Å². The summed E-state index contributed by atoms with van der Waals surface area (Å²) < 4.78 is 1.88. The molecule has 102 valence electrons. The summed E-state index contributed by atoms with van der Waals surface area (Å²) in [6.07, 6.45) is 1.82. The van der Waals surface area contributed by atoms with Crippen molar-refractivity contribution in [3.63, 3.8) is 0 Å². The van der Waals surface area contributed by atoms with Crippen molar-refractivity contribution in [2.24, 2.45) is 7.05 Å². The smallest absolute Gasteiger partial charge is 0.0890 e. The second kappa shape index (κ2) is 4.92. The number of aromatic nitrogens is 4. The van der Waals surface area contributed by atoms with Crippen LogP contribution in [-0.2, 0) is 13.6 Å². The van der Waals surface area contributed by atoms with E-state index in [4.69, 9.17) is 0 Å². The zero-order valence-electron chi connectivity index (χ0n) is 11.9. The van der Waals surface area contributed by atoms with Gasteiger partial charge in [-0.05, 0) is 26.0 Å². The number of anilines is 1. The van der Waals surface area contributed by atoms with Crippen molar-refractivity contribution in [3.05, 3.63) is 47.5 Å². The van der Waals surface area contributed by atoms with Crippen LogP contribution >= 0.6 is 0 Å². The summed E-state index contributed by atoms with van der Waals surface area (Å²) in [6.45, 7) is 4.70. The Morgan fingerprint density at radius 3 is 2.60 bits per heavy atom. The number of nitrogens with one attached hydrogen (secondary N) is 1. The maximum Gasteiger partial charge on any atom is 0.0890 e. The quantitative estimate of drug-likeness (QED) is 0.792. The Bertz CT molecular complexity index is 760. The lowest BCUT2D eigenvalue weighted by Gasteiger charge is -2.07. The third kappa shape index (κ3) is 2.22. The van der Waals surface area contributed by atoms with E-state index in [0.717, 1.165) is 33.8 Å². The summed E-state index contributed by atoms with van der Waals surface area (Å²) in [5.41, 5.74) is 5.96. The first kappa shape index (κ1) is 12.6. The van der Waals surface area contributed by atoms with Gasteiger partial charge in [0.05, 0.1) is 46.5 Å². The van der Waals surface area contributed by atoms with Crippen molar-refractivity contribution in [1.29, 1.82) is 0 Å². The number of para-hydroxylation sites is 2. The number of aryl methyl sites for hydroxylation is 2. The maximum atomic E-state index is 4.60. The molecule has 0 saturated carbocycles. The summed E-state index contributed by atoms with van der Waals surface area (Å²) in [6, 6.07) is 7.89. The Labute approximate surface area is 117 Å². The van der Waals surface area contributed by atoms with Crippen LogP contribution < -0.4 is 5.32 Å². The lowest BCUT2D eigenvalue weighted by molar-refractivity contribution is 0.731. The summed E-state index contributed by atoms with van der Waals surface area (Å²) >= 11 is 0. The van der Waals surface area contributed by atoms with Gasteiger partial charge >= 0.3 is 0 Å². The predicted octanol–water partition coefficient (Wildman–Crippen LogP) is 2.59. The molecule has 0 saturated heterocycles. The van der Waals surface area contributed by atoms with Crippen LogP contribution in [0.3, 0.4) is 0 Å². The fraction of sp³-hybridized carbons (Fsp3) is 0.267. The first-order valence-corrected chi connectivity index (χ1v) is 6.60. The highest BCUT2D eigenvalue weighted by Crippen LogP contribution is 2.19. The summed E-state index contributed by atoms with van der Waals surface area (Å²) in [5, 5.41) is 7.79. The molecule has 1 N–H and O–H groups in total. The van der Waals surface area contributed by atoms with Crippen molar-refractivity contribution in [3.8, 4) is 0 Å². The number of rotatable bonds is 3. The zero-order valence-corrected chi connectivity index (χ0v) is 11.9. The Balaban J connectivity index is 1.83. The molecule has 0 bridgehead atoms. The van der Waals surface area contributed by atoms with E-state index in [0.29, 0.717) is 6.54 Å². The molecular formula is C15H17N5. The van der Waals surface area contributed by atoms with E-state index in [2.05, 4.69) is 27.3 Å². The van der Waals surface area contributed by atoms with Gasteiger partial charge in [-0.1, -0.05) is 12.1 Å². The molecule has 3 aromatic rings. The van der Waals surface area contributed by atoms with Crippen LogP contribution in [0.2, 0.25) is 0 Å². The molecule has 3 rings (SSSR count). The van der Waals surface area contributed by atoms with Crippen LogP contribution in [-0.4, -0.2) is 19.7 Å². The van der Waals surface area contributed by atoms with Crippen molar-refractivity contribution in [2.75, 3.05) is 5.32 Å². The average Bonchev–Trinajstić information content (AvgIpc) is 2.70. The van der Waals surface area contributed by atoms with E-state index in [1.807, 2.05) is 49.1 Å². The Morgan fingerprint density at radius 2 is 1.90 bits per heavy atom. The number of hydrogen-bond acceptors (Lipinski definition) is 4. The van der Waals surface area contributed by atoms with Crippen LogP contribution in [0, 0.1) is 13.8 Å². The predicted molar refractivity (Wildman–Crippen MR) is 79.5 cm³/mol. The molecule has 0 atom stereocenters. The van der Waals surface area contributed by atoms with E-state index >= 15 is 0 Å². The van der Waals surface area contributed by atoms with Crippen LogP contribution in [0.25, 0.3) is 11.0 Å².